The molecule has 2 heteroatoms. The van der Waals surface area contributed by atoms with E-state index >= 15 is 0 Å². The molecule has 1 aliphatic rings. The number of allylic oxidation sites excluding steroid dienone is 1. The molecule has 1 aliphatic carbocycles. The van der Waals surface area contributed by atoms with Crippen LogP contribution in [0.4, 0.5) is 5.69 Å². The summed E-state index contributed by atoms with van der Waals surface area (Å²) < 4.78 is 0. The van der Waals surface area contributed by atoms with Crippen molar-refractivity contribution in [3.8, 4) is 0 Å². The summed E-state index contributed by atoms with van der Waals surface area (Å²) in [4.78, 5) is 11.9. The molecule has 0 saturated heterocycles. The molecule has 1 N–H and O–H groups in total. The van der Waals surface area contributed by atoms with Gasteiger partial charge in [0.15, 0.2) is 5.78 Å². The lowest BCUT2D eigenvalue weighted by atomic mass is 10.1. The fourth-order valence-corrected chi connectivity index (χ4v) is 2.29. The number of hydrogen-bond acceptors (Lipinski definition) is 2. The average Bonchev–Trinajstić information content (AvgIpc) is 2.55. The molecular formula is C16H21NO. The normalized spacial score (nSPS) is 18.8. The molecule has 0 radical (unpaired) electrons. The second kappa shape index (κ2) is 5.85. The Kier molecular flexibility index (Phi) is 4.19. The van der Waals surface area contributed by atoms with E-state index in [1.807, 2.05) is 6.20 Å². The lowest BCUT2D eigenvalue weighted by Crippen LogP contribution is -2.03. The number of rotatable bonds is 2. The van der Waals surface area contributed by atoms with Gasteiger partial charge in [0.25, 0.3) is 0 Å². The quantitative estimate of drug-likeness (QED) is 0.625. The minimum Gasteiger partial charge on any atom is -0.361 e. The van der Waals surface area contributed by atoms with E-state index in [-0.39, 0.29) is 0 Å². The highest BCUT2D eigenvalue weighted by atomic mass is 16.1. The molecule has 1 aromatic rings. The molecule has 1 aromatic carbocycles. The summed E-state index contributed by atoms with van der Waals surface area (Å²) in [5.74, 6) is 0.310. The lowest BCUT2D eigenvalue weighted by molar-refractivity contribution is -0.115. The van der Waals surface area contributed by atoms with Crippen molar-refractivity contribution >= 4 is 11.5 Å². The monoisotopic (exact) mass is 243 g/mol. The largest absolute Gasteiger partial charge is 0.361 e. The Balaban J connectivity index is 2.13. The molecule has 2 rings (SSSR count). The van der Waals surface area contributed by atoms with E-state index < -0.39 is 0 Å². The molecule has 0 atom stereocenters. The second-order valence-electron chi connectivity index (χ2n) is 5.12. The van der Waals surface area contributed by atoms with Crippen molar-refractivity contribution in [2.75, 3.05) is 5.32 Å². The van der Waals surface area contributed by atoms with Crippen molar-refractivity contribution in [1.29, 1.82) is 0 Å². The van der Waals surface area contributed by atoms with Crippen LogP contribution in [0.2, 0.25) is 0 Å². The number of hydrogen-bond donors (Lipinski definition) is 1. The predicted molar refractivity (Wildman–Crippen MR) is 75.7 cm³/mol. The van der Waals surface area contributed by atoms with E-state index in [1.54, 1.807) is 0 Å². The van der Waals surface area contributed by atoms with Gasteiger partial charge in [0.05, 0.1) is 0 Å². The zero-order valence-electron chi connectivity index (χ0n) is 11.3. The van der Waals surface area contributed by atoms with Gasteiger partial charge >= 0.3 is 0 Å². The van der Waals surface area contributed by atoms with E-state index in [4.69, 9.17) is 0 Å². The molecular weight excluding hydrogens is 222 g/mol. The van der Waals surface area contributed by atoms with Gasteiger partial charge < -0.3 is 5.32 Å². The van der Waals surface area contributed by atoms with E-state index in [2.05, 4.69) is 37.4 Å². The third kappa shape index (κ3) is 3.22. The molecule has 0 heterocycles. The summed E-state index contributed by atoms with van der Waals surface area (Å²) in [6, 6.07) is 6.32. The predicted octanol–water partition coefficient (Wildman–Crippen LogP) is 4.13. The van der Waals surface area contributed by atoms with Crippen LogP contribution in [0.1, 0.15) is 43.2 Å². The van der Waals surface area contributed by atoms with Crippen molar-refractivity contribution in [2.24, 2.45) is 0 Å². The van der Waals surface area contributed by atoms with Gasteiger partial charge in [-0.15, -0.1) is 0 Å². The Morgan fingerprint density at radius 3 is 2.72 bits per heavy atom. The van der Waals surface area contributed by atoms with Crippen molar-refractivity contribution in [3.63, 3.8) is 0 Å². The third-order valence-corrected chi connectivity index (χ3v) is 3.50. The number of nitrogens with one attached hydrogen (secondary N) is 1. The molecule has 0 unspecified atom stereocenters. The Morgan fingerprint density at radius 1 is 1.11 bits per heavy atom. The van der Waals surface area contributed by atoms with Crippen LogP contribution in [-0.2, 0) is 4.79 Å². The van der Waals surface area contributed by atoms with Crippen LogP contribution in [0.5, 0.6) is 0 Å². The number of carbonyl (C=O) groups is 1. The summed E-state index contributed by atoms with van der Waals surface area (Å²) in [5.41, 5.74) is 4.49. The van der Waals surface area contributed by atoms with Crippen LogP contribution < -0.4 is 5.32 Å². The highest BCUT2D eigenvalue weighted by Crippen LogP contribution is 2.21. The third-order valence-electron chi connectivity index (χ3n) is 3.50. The first-order chi connectivity index (χ1) is 8.66. The summed E-state index contributed by atoms with van der Waals surface area (Å²) in [5, 5.41) is 3.30. The van der Waals surface area contributed by atoms with Gasteiger partial charge in [0, 0.05) is 23.9 Å². The number of benzene rings is 1. The van der Waals surface area contributed by atoms with Gasteiger partial charge in [0.2, 0.25) is 0 Å². The van der Waals surface area contributed by atoms with Crippen molar-refractivity contribution in [2.45, 2.75) is 46.0 Å². The summed E-state index contributed by atoms with van der Waals surface area (Å²) in [6.07, 6.45) is 6.88. The molecule has 96 valence electrons. The minimum absolute atomic E-state index is 0.310. The number of aryl methyl sites for hydroxylation is 2. The van der Waals surface area contributed by atoms with Crippen LogP contribution in [0.25, 0.3) is 0 Å². The molecule has 1 saturated carbocycles. The fourth-order valence-electron chi connectivity index (χ4n) is 2.29. The Labute approximate surface area is 109 Å². The van der Waals surface area contributed by atoms with Gasteiger partial charge in [-0.05, 0) is 50.3 Å². The van der Waals surface area contributed by atoms with E-state index in [9.17, 15) is 4.79 Å². The maximum Gasteiger partial charge on any atom is 0.160 e. The molecule has 0 aromatic heterocycles. The maximum absolute atomic E-state index is 11.9. The zero-order chi connectivity index (χ0) is 13.0. The summed E-state index contributed by atoms with van der Waals surface area (Å²) >= 11 is 0. The Morgan fingerprint density at radius 2 is 1.89 bits per heavy atom. The lowest BCUT2D eigenvalue weighted by Gasteiger charge is -2.08. The first kappa shape index (κ1) is 12.9. The molecule has 18 heavy (non-hydrogen) atoms. The van der Waals surface area contributed by atoms with Crippen LogP contribution in [0.3, 0.4) is 0 Å². The van der Waals surface area contributed by atoms with Gasteiger partial charge in [-0.2, -0.15) is 0 Å². The van der Waals surface area contributed by atoms with Gasteiger partial charge in [-0.3, -0.25) is 4.79 Å². The molecule has 0 bridgehead atoms. The van der Waals surface area contributed by atoms with Gasteiger partial charge in [-0.25, -0.2) is 0 Å². The number of ketones is 1. The highest BCUT2D eigenvalue weighted by molar-refractivity contribution is 5.95. The molecule has 0 aliphatic heterocycles. The summed E-state index contributed by atoms with van der Waals surface area (Å²) in [7, 11) is 0. The van der Waals surface area contributed by atoms with E-state index in [0.717, 1.165) is 30.5 Å². The minimum atomic E-state index is 0.310. The molecule has 0 spiro atoms. The van der Waals surface area contributed by atoms with Crippen molar-refractivity contribution in [3.05, 3.63) is 41.1 Å². The first-order valence-corrected chi connectivity index (χ1v) is 6.73. The standard InChI is InChI=1S/C16H21NO/c1-12-8-9-13(2)15(10-12)17-11-14-6-4-3-5-7-16(14)18/h8-11,17H,3-7H2,1-2H3. The second-order valence-corrected chi connectivity index (χ2v) is 5.12. The number of Topliss-reactive ketones (excluding diaryl/α,β-unsaturated/α-hetero) is 1. The van der Waals surface area contributed by atoms with Crippen LogP contribution in [-0.4, -0.2) is 5.78 Å². The average molecular weight is 243 g/mol. The van der Waals surface area contributed by atoms with E-state index in [1.165, 1.54) is 17.5 Å². The maximum atomic E-state index is 11.9. The summed E-state index contributed by atoms with van der Waals surface area (Å²) in [6.45, 7) is 4.16. The van der Waals surface area contributed by atoms with Crippen molar-refractivity contribution < 1.29 is 4.79 Å². The number of anilines is 1. The highest BCUT2D eigenvalue weighted by Gasteiger charge is 2.13. The van der Waals surface area contributed by atoms with Crippen LogP contribution >= 0.6 is 0 Å². The van der Waals surface area contributed by atoms with Crippen molar-refractivity contribution in [1.82, 2.24) is 0 Å². The van der Waals surface area contributed by atoms with Gasteiger partial charge in [-0.1, -0.05) is 18.6 Å². The topological polar surface area (TPSA) is 29.1 Å². The van der Waals surface area contributed by atoms with E-state index in [0.29, 0.717) is 12.2 Å². The molecule has 0 amide bonds. The fraction of sp³-hybridized carbons (Fsp3) is 0.438. The Hall–Kier alpha value is -1.57. The smallest absolute Gasteiger partial charge is 0.160 e. The molecule has 1 fully saturated rings. The Bertz CT molecular complexity index is 474. The van der Waals surface area contributed by atoms with Gasteiger partial charge in [0.1, 0.15) is 0 Å². The number of carbonyl (C=O) groups excluding carboxylic acids is 1. The SMILES string of the molecule is Cc1ccc(C)c(NC=C2CCCCCC2=O)c1. The van der Waals surface area contributed by atoms with Crippen LogP contribution in [0, 0.1) is 13.8 Å². The zero-order valence-corrected chi connectivity index (χ0v) is 11.3. The van der Waals surface area contributed by atoms with Crippen LogP contribution in [0.15, 0.2) is 30.0 Å². The first-order valence-electron chi connectivity index (χ1n) is 6.73. The molecule has 2 nitrogen and oxygen atoms in total.